The Hall–Kier alpha value is -1.79. The first-order valence-electron chi connectivity index (χ1n) is 5.77. The summed E-state index contributed by atoms with van der Waals surface area (Å²) in [4.78, 5) is 23.9. The molecule has 19 heavy (non-hydrogen) atoms. The Morgan fingerprint density at radius 3 is 2.74 bits per heavy atom. The normalized spacial score (nSPS) is 10.0. The molecular weight excluding hydrogens is 270 g/mol. The van der Waals surface area contributed by atoms with E-state index in [2.05, 4.69) is 5.32 Å². The van der Waals surface area contributed by atoms with E-state index in [-0.39, 0.29) is 0 Å². The van der Waals surface area contributed by atoms with Crippen molar-refractivity contribution < 1.29 is 14.7 Å². The Morgan fingerprint density at radius 2 is 2.16 bits per heavy atom. The molecule has 0 saturated heterocycles. The second-order valence-electron chi connectivity index (χ2n) is 3.83. The molecule has 1 aromatic rings. The van der Waals surface area contributed by atoms with Crippen LogP contribution in [0.2, 0.25) is 5.02 Å². The summed E-state index contributed by atoms with van der Waals surface area (Å²) in [6.45, 7) is 0.414. The van der Waals surface area contributed by atoms with Crippen LogP contribution in [0, 0.1) is 0 Å². The topological polar surface area (TPSA) is 95.7 Å². The number of benzene rings is 1. The summed E-state index contributed by atoms with van der Waals surface area (Å²) in [6.07, 6.45) is 0.627. The summed E-state index contributed by atoms with van der Waals surface area (Å²) in [5, 5.41) is 11.9. The number of hydrogen-bond acceptors (Lipinski definition) is 3. The van der Waals surface area contributed by atoms with Crippen LogP contribution in [0.15, 0.2) is 24.3 Å². The number of rotatable bonds is 6. The molecule has 0 aliphatic rings. The number of carbonyl (C=O) groups is 2. The van der Waals surface area contributed by atoms with Crippen LogP contribution in [0.4, 0.5) is 10.5 Å². The molecular formula is C12H16ClN3O3. The maximum Gasteiger partial charge on any atom is 0.323 e. The van der Waals surface area contributed by atoms with Gasteiger partial charge in [0.25, 0.3) is 0 Å². The zero-order valence-corrected chi connectivity index (χ0v) is 11.1. The molecule has 6 nitrogen and oxygen atoms in total. The smallest absolute Gasteiger partial charge is 0.323 e. The minimum Gasteiger partial charge on any atom is -0.480 e. The van der Waals surface area contributed by atoms with E-state index in [1.807, 2.05) is 0 Å². The third-order valence-electron chi connectivity index (χ3n) is 2.32. The summed E-state index contributed by atoms with van der Waals surface area (Å²) in [6, 6.07) is 5.97. The van der Waals surface area contributed by atoms with Crippen molar-refractivity contribution in [1.82, 2.24) is 5.32 Å². The van der Waals surface area contributed by atoms with Crippen LogP contribution in [0.3, 0.4) is 0 Å². The van der Waals surface area contributed by atoms with E-state index < -0.39 is 18.5 Å². The van der Waals surface area contributed by atoms with Crippen molar-refractivity contribution in [1.29, 1.82) is 0 Å². The van der Waals surface area contributed by atoms with E-state index >= 15 is 0 Å². The molecule has 0 aliphatic carbocycles. The zero-order valence-electron chi connectivity index (χ0n) is 10.3. The van der Waals surface area contributed by atoms with Gasteiger partial charge in [-0.25, -0.2) is 4.79 Å². The van der Waals surface area contributed by atoms with Crippen LogP contribution in [-0.2, 0) is 4.79 Å². The number of nitrogens with zero attached hydrogens (tertiary/aromatic N) is 1. The van der Waals surface area contributed by atoms with Crippen molar-refractivity contribution in [2.24, 2.45) is 5.73 Å². The van der Waals surface area contributed by atoms with Gasteiger partial charge in [-0.3, -0.25) is 9.69 Å². The number of anilines is 1. The Labute approximate surface area is 116 Å². The number of halogens is 1. The van der Waals surface area contributed by atoms with Gasteiger partial charge in [0, 0.05) is 17.3 Å². The summed E-state index contributed by atoms with van der Waals surface area (Å²) < 4.78 is 0. The molecule has 4 N–H and O–H groups in total. The number of carboxylic acids is 1. The van der Waals surface area contributed by atoms with E-state index in [9.17, 15) is 9.59 Å². The predicted molar refractivity (Wildman–Crippen MR) is 73.5 cm³/mol. The van der Waals surface area contributed by atoms with Crippen LogP contribution in [0.5, 0.6) is 0 Å². The fourth-order valence-electron chi connectivity index (χ4n) is 1.45. The van der Waals surface area contributed by atoms with Gasteiger partial charge in [0.1, 0.15) is 6.54 Å². The number of carboxylic acid groups (broad SMARTS) is 1. The zero-order chi connectivity index (χ0) is 14.3. The van der Waals surface area contributed by atoms with E-state index in [0.717, 1.165) is 4.90 Å². The lowest BCUT2D eigenvalue weighted by Crippen LogP contribution is -2.43. The molecule has 0 heterocycles. The molecule has 1 aromatic carbocycles. The van der Waals surface area contributed by atoms with Gasteiger partial charge >= 0.3 is 12.0 Å². The number of hydrogen-bond donors (Lipinski definition) is 3. The average Bonchev–Trinajstić information content (AvgIpc) is 2.36. The maximum absolute atomic E-state index is 11.9. The van der Waals surface area contributed by atoms with Gasteiger partial charge < -0.3 is 16.2 Å². The molecule has 0 atom stereocenters. The quantitative estimate of drug-likeness (QED) is 0.686. The third kappa shape index (κ3) is 5.15. The first kappa shape index (κ1) is 15.3. The molecule has 0 bridgehead atoms. The Morgan fingerprint density at radius 1 is 1.42 bits per heavy atom. The van der Waals surface area contributed by atoms with Crippen molar-refractivity contribution in [3.8, 4) is 0 Å². The van der Waals surface area contributed by atoms with Gasteiger partial charge in [0.2, 0.25) is 0 Å². The van der Waals surface area contributed by atoms with E-state index in [0.29, 0.717) is 30.2 Å². The number of aliphatic carboxylic acids is 1. The molecule has 0 fully saturated rings. The van der Waals surface area contributed by atoms with Crippen molar-refractivity contribution in [2.75, 3.05) is 24.5 Å². The summed E-state index contributed by atoms with van der Waals surface area (Å²) in [7, 11) is 0. The van der Waals surface area contributed by atoms with E-state index in [1.54, 1.807) is 18.2 Å². The molecule has 0 spiro atoms. The monoisotopic (exact) mass is 285 g/mol. The van der Waals surface area contributed by atoms with Gasteiger partial charge in [-0.2, -0.15) is 0 Å². The van der Waals surface area contributed by atoms with Gasteiger partial charge in [0.15, 0.2) is 0 Å². The number of amides is 2. The molecule has 0 aliphatic heterocycles. The summed E-state index contributed by atoms with van der Waals surface area (Å²) in [5.41, 5.74) is 5.76. The van der Waals surface area contributed by atoms with Gasteiger partial charge in [-0.15, -0.1) is 0 Å². The highest BCUT2D eigenvalue weighted by molar-refractivity contribution is 6.30. The molecule has 7 heteroatoms. The minimum absolute atomic E-state index is 0.395. The molecule has 0 unspecified atom stereocenters. The van der Waals surface area contributed by atoms with Crippen LogP contribution in [0.1, 0.15) is 6.42 Å². The second kappa shape index (κ2) is 7.60. The Kier molecular flexibility index (Phi) is 6.11. The highest BCUT2D eigenvalue weighted by atomic mass is 35.5. The lowest BCUT2D eigenvalue weighted by molar-refractivity contribution is -0.135. The van der Waals surface area contributed by atoms with E-state index in [1.165, 1.54) is 6.07 Å². The van der Waals surface area contributed by atoms with Gasteiger partial charge in [-0.05, 0) is 31.2 Å². The largest absolute Gasteiger partial charge is 0.480 e. The molecule has 0 radical (unpaired) electrons. The fraction of sp³-hybridized carbons (Fsp3) is 0.333. The standard InChI is InChI=1S/C12H16ClN3O3/c13-9-3-1-4-10(7-9)16(8-11(17)18)12(19)15-6-2-5-14/h1,3-4,7H,2,5-6,8,14H2,(H,15,19)(H,17,18). The van der Waals surface area contributed by atoms with Crippen LogP contribution in [0.25, 0.3) is 0 Å². The van der Waals surface area contributed by atoms with Gasteiger partial charge in [-0.1, -0.05) is 17.7 Å². The van der Waals surface area contributed by atoms with Crippen molar-refractivity contribution >= 4 is 29.3 Å². The molecule has 2 amide bonds. The summed E-state index contributed by atoms with van der Waals surface area (Å²) >= 11 is 5.83. The predicted octanol–water partition coefficient (Wildman–Crippen LogP) is 1.29. The van der Waals surface area contributed by atoms with Crippen molar-refractivity contribution in [2.45, 2.75) is 6.42 Å². The Bertz CT molecular complexity index is 454. The SMILES string of the molecule is NCCCNC(=O)N(CC(=O)O)c1cccc(Cl)c1. The van der Waals surface area contributed by atoms with Gasteiger partial charge in [0.05, 0.1) is 0 Å². The average molecular weight is 286 g/mol. The molecule has 0 saturated carbocycles. The fourth-order valence-corrected chi connectivity index (χ4v) is 1.64. The number of urea groups is 1. The molecule has 1 rings (SSSR count). The number of nitrogens with two attached hydrogens (primary N) is 1. The first-order valence-corrected chi connectivity index (χ1v) is 6.15. The first-order chi connectivity index (χ1) is 9.04. The van der Waals surface area contributed by atoms with Crippen LogP contribution < -0.4 is 16.0 Å². The highest BCUT2D eigenvalue weighted by Gasteiger charge is 2.18. The molecule has 104 valence electrons. The van der Waals surface area contributed by atoms with Crippen molar-refractivity contribution in [3.05, 3.63) is 29.3 Å². The maximum atomic E-state index is 11.9. The molecule has 0 aromatic heterocycles. The van der Waals surface area contributed by atoms with Crippen LogP contribution in [-0.4, -0.2) is 36.7 Å². The minimum atomic E-state index is -1.10. The Balaban J connectivity index is 2.82. The van der Waals surface area contributed by atoms with E-state index in [4.69, 9.17) is 22.4 Å². The lowest BCUT2D eigenvalue weighted by Gasteiger charge is -2.21. The number of nitrogens with one attached hydrogen (secondary N) is 1. The number of carbonyl (C=O) groups excluding carboxylic acids is 1. The van der Waals surface area contributed by atoms with Crippen molar-refractivity contribution in [3.63, 3.8) is 0 Å². The van der Waals surface area contributed by atoms with Crippen LogP contribution >= 0.6 is 11.6 Å². The third-order valence-corrected chi connectivity index (χ3v) is 2.55. The summed E-state index contributed by atoms with van der Waals surface area (Å²) in [5.74, 6) is -1.10. The lowest BCUT2D eigenvalue weighted by atomic mass is 10.3. The highest BCUT2D eigenvalue weighted by Crippen LogP contribution is 2.19. The second-order valence-corrected chi connectivity index (χ2v) is 4.27.